The van der Waals surface area contributed by atoms with Gasteiger partial charge < -0.3 is 4.79 Å². The Balaban J connectivity index is 0.000000461. The van der Waals surface area contributed by atoms with Crippen LogP contribution in [0.1, 0.15) is 24.6 Å². The second kappa shape index (κ2) is 5.33. The van der Waals surface area contributed by atoms with E-state index in [-0.39, 0.29) is 0 Å². The van der Waals surface area contributed by atoms with Gasteiger partial charge in [-0.1, -0.05) is 25.4 Å². The Bertz CT molecular complexity index is 208. The monoisotopic (exact) mass is 190 g/mol. The van der Waals surface area contributed by atoms with Gasteiger partial charge in [-0.05, 0) is 18.1 Å². The summed E-state index contributed by atoms with van der Waals surface area (Å²) in [5, 5.41) is 0. The third-order valence-electron chi connectivity index (χ3n) is 1.16. The highest BCUT2D eigenvalue weighted by Gasteiger charge is 2.00. The molecule has 0 saturated heterocycles. The zero-order valence-electron chi connectivity index (χ0n) is 6.63. The van der Waals surface area contributed by atoms with Crippen LogP contribution in [0.4, 0.5) is 0 Å². The van der Waals surface area contributed by atoms with Crippen LogP contribution in [0.2, 0.25) is 4.34 Å². The van der Waals surface area contributed by atoms with Crippen molar-refractivity contribution in [2.75, 3.05) is 0 Å². The summed E-state index contributed by atoms with van der Waals surface area (Å²) in [6, 6.07) is 4.03. The lowest BCUT2D eigenvalue weighted by atomic mass is 10.2. The average molecular weight is 191 g/mol. The van der Waals surface area contributed by atoms with Crippen molar-refractivity contribution in [2.24, 2.45) is 0 Å². The zero-order valence-corrected chi connectivity index (χ0v) is 8.21. The number of carbonyl (C=O) groups is 1. The molecule has 0 atom stereocenters. The molecule has 1 rings (SSSR count). The fourth-order valence-corrected chi connectivity index (χ4v) is 1.70. The lowest BCUT2D eigenvalue weighted by molar-refractivity contribution is -0.0979. The number of rotatable bonds is 1. The van der Waals surface area contributed by atoms with Crippen LogP contribution in [-0.4, -0.2) is 6.79 Å². The van der Waals surface area contributed by atoms with Crippen LogP contribution in [0.15, 0.2) is 12.1 Å². The highest BCUT2D eigenvalue weighted by Crippen LogP contribution is 2.27. The maximum absolute atomic E-state index is 8.00. The summed E-state index contributed by atoms with van der Waals surface area (Å²) >= 11 is 7.38. The van der Waals surface area contributed by atoms with Crippen LogP contribution in [0.5, 0.6) is 0 Å². The predicted molar refractivity (Wildman–Crippen MR) is 50.5 cm³/mol. The first-order valence-corrected chi connectivity index (χ1v) is 4.43. The minimum Gasteiger partial charge on any atom is -0.307 e. The standard InChI is InChI=1S/C7H9ClS.CH2O/c1-5(2)6-3-4-7(8)9-6;1-2/h3-5H,1-2H3;1H2. The van der Waals surface area contributed by atoms with Crippen LogP contribution in [-0.2, 0) is 4.79 Å². The lowest BCUT2D eigenvalue weighted by Gasteiger charge is -1.95. The molecule has 0 amide bonds. The Kier molecular flexibility index (Phi) is 5.16. The average Bonchev–Trinajstić information content (AvgIpc) is 2.40. The minimum atomic E-state index is 0.613. The van der Waals surface area contributed by atoms with E-state index in [2.05, 4.69) is 19.9 Å². The van der Waals surface area contributed by atoms with Gasteiger partial charge in [0, 0.05) is 4.88 Å². The first kappa shape index (κ1) is 10.7. The van der Waals surface area contributed by atoms with E-state index < -0.39 is 0 Å². The second-order valence-corrected chi connectivity index (χ2v) is 4.04. The molecular weight excluding hydrogens is 180 g/mol. The molecule has 0 aromatic carbocycles. The highest BCUT2D eigenvalue weighted by molar-refractivity contribution is 7.16. The van der Waals surface area contributed by atoms with Crippen LogP contribution in [0, 0.1) is 0 Å². The molecule has 0 fully saturated rings. The predicted octanol–water partition coefficient (Wildman–Crippen LogP) is 3.34. The minimum absolute atomic E-state index is 0.613. The summed E-state index contributed by atoms with van der Waals surface area (Å²) in [6.07, 6.45) is 0. The topological polar surface area (TPSA) is 17.1 Å². The molecule has 0 bridgehead atoms. The summed E-state index contributed by atoms with van der Waals surface area (Å²) in [5.74, 6) is 0.613. The Morgan fingerprint density at radius 1 is 1.45 bits per heavy atom. The third-order valence-corrected chi connectivity index (χ3v) is 2.69. The van der Waals surface area contributed by atoms with E-state index in [1.54, 1.807) is 11.3 Å². The van der Waals surface area contributed by atoms with Crippen LogP contribution in [0.25, 0.3) is 0 Å². The molecule has 0 radical (unpaired) electrons. The molecule has 0 aliphatic rings. The summed E-state index contributed by atoms with van der Waals surface area (Å²) in [5.41, 5.74) is 0. The SMILES string of the molecule is C=O.CC(C)c1ccc(Cl)s1. The van der Waals surface area contributed by atoms with Crippen LogP contribution in [0.3, 0.4) is 0 Å². The summed E-state index contributed by atoms with van der Waals surface area (Å²) in [4.78, 5) is 9.36. The van der Waals surface area contributed by atoms with Gasteiger partial charge in [0.15, 0.2) is 0 Å². The van der Waals surface area contributed by atoms with Gasteiger partial charge in [-0.2, -0.15) is 0 Å². The molecular formula is C8H11ClOS. The van der Waals surface area contributed by atoms with Crippen LogP contribution < -0.4 is 0 Å². The smallest absolute Gasteiger partial charge is 0.106 e. The first-order valence-electron chi connectivity index (χ1n) is 3.24. The van der Waals surface area contributed by atoms with E-state index in [4.69, 9.17) is 16.4 Å². The van der Waals surface area contributed by atoms with Crippen molar-refractivity contribution in [3.63, 3.8) is 0 Å². The van der Waals surface area contributed by atoms with Crippen molar-refractivity contribution in [3.05, 3.63) is 21.3 Å². The molecule has 0 aliphatic carbocycles. The molecule has 1 aromatic rings. The Morgan fingerprint density at radius 2 is 2.00 bits per heavy atom. The van der Waals surface area contributed by atoms with Crippen molar-refractivity contribution >= 4 is 29.7 Å². The molecule has 0 saturated carbocycles. The Labute approximate surface area is 76.0 Å². The second-order valence-electron chi connectivity index (χ2n) is 2.30. The zero-order chi connectivity index (χ0) is 8.85. The first-order chi connectivity index (χ1) is 5.20. The van der Waals surface area contributed by atoms with Crippen molar-refractivity contribution in [1.29, 1.82) is 0 Å². The van der Waals surface area contributed by atoms with E-state index in [1.165, 1.54) is 4.88 Å². The van der Waals surface area contributed by atoms with E-state index in [9.17, 15) is 0 Å². The van der Waals surface area contributed by atoms with Gasteiger partial charge in [0.05, 0.1) is 4.34 Å². The molecule has 0 aliphatic heterocycles. The van der Waals surface area contributed by atoms with E-state index >= 15 is 0 Å². The molecule has 1 nitrogen and oxygen atoms in total. The Hall–Kier alpha value is -0.340. The highest BCUT2D eigenvalue weighted by atomic mass is 35.5. The van der Waals surface area contributed by atoms with Gasteiger partial charge in [-0.25, -0.2) is 0 Å². The molecule has 11 heavy (non-hydrogen) atoms. The number of carbonyl (C=O) groups excluding carboxylic acids is 1. The Morgan fingerprint density at radius 3 is 2.18 bits per heavy atom. The molecule has 1 heterocycles. The molecule has 1 aromatic heterocycles. The van der Waals surface area contributed by atoms with Gasteiger partial charge in [-0.15, -0.1) is 11.3 Å². The number of halogens is 1. The maximum atomic E-state index is 8.00. The third kappa shape index (κ3) is 3.54. The number of thiophene rings is 1. The number of hydrogen-bond donors (Lipinski definition) is 0. The normalized spacial score (nSPS) is 9.09. The fraction of sp³-hybridized carbons (Fsp3) is 0.375. The largest absolute Gasteiger partial charge is 0.307 e. The van der Waals surface area contributed by atoms with Gasteiger partial charge in [0.25, 0.3) is 0 Å². The molecule has 3 heteroatoms. The van der Waals surface area contributed by atoms with Gasteiger partial charge in [-0.3, -0.25) is 0 Å². The van der Waals surface area contributed by atoms with Gasteiger partial charge in [0.1, 0.15) is 6.79 Å². The van der Waals surface area contributed by atoms with Crippen molar-refractivity contribution in [2.45, 2.75) is 19.8 Å². The number of hydrogen-bond acceptors (Lipinski definition) is 2. The molecule has 0 unspecified atom stereocenters. The van der Waals surface area contributed by atoms with Crippen molar-refractivity contribution < 1.29 is 4.79 Å². The molecule has 0 N–H and O–H groups in total. The van der Waals surface area contributed by atoms with E-state index in [1.807, 2.05) is 12.9 Å². The van der Waals surface area contributed by atoms with Crippen LogP contribution >= 0.6 is 22.9 Å². The quantitative estimate of drug-likeness (QED) is 0.664. The fourth-order valence-electron chi connectivity index (χ4n) is 0.639. The summed E-state index contributed by atoms with van der Waals surface area (Å²) in [6.45, 7) is 6.34. The van der Waals surface area contributed by atoms with E-state index in [0.717, 1.165) is 4.34 Å². The van der Waals surface area contributed by atoms with Gasteiger partial charge >= 0.3 is 0 Å². The van der Waals surface area contributed by atoms with E-state index in [0.29, 0.717) is 5.92 Å². The van der Waals surface area contributed by atoms with Crippen molar-refractivity contribution in [1.82, 2.24) is 0 Å². The molecule has 62 valence electrons. The maximum Gasteiger partial charge on any atom is 0.106 e. The summed E-state index contributed by atoms with van der Waals surface area (Å²) in [7, 11) is 0. The van der Waals surface area contributed by atoms with Gasteiger partial charge in [0.2, 0.25) is 0 Å². The van der Waals surface area contributed by atoms with Crippen molar-refractivity contribution in [3.8, 4) is 0 Å². The molecule has 0 spiro atoms. The lowest BCUT2D eigenvalue weighted by Crippen LogP contribution is -1.77. The summed E-state index contributed by atoms with van der Waals surface area (Å²) < 4.78 is 0.888.